The zero-order valence-electron chi connectivity index (χ0n) is 18.2. The molecule has 2 aromatic carbocycles. The first-order valence-electron chi connectivity index (χ1n) is 11.5. The number of nitrogens with zero attached hydrogens (tertiary/aromatic N) is 2. The summed E-state index contributed by atoms with van der Waals surface area (Å²) in [5, 5.41) is 12.8. The monoisotopic (exact) mass is 436 g/mol. The summed E-state index contributed by atoms with van der Waals surface area (Å²) in [4.78, 5) is 0. The van der Waals surface area contributed by atoms with Crippen LogP contribution in [0.5, 0.6) is 0 Å². The molecule has 1 saturated carbocycles. The molecule has 1 saturated heterocycles. The molecule has 0 bridgehead atoms. The van der Waals surface area contributed by atoms with Crippen LogP contribution in [-0.2, 0) is 4.74 Å². The van der Waals surface area contributed by atoms with Gasteiger partial charge in [-0.2, -0.15) is 5.10 Å². The Kier molecular flexibility index (Phi) is 6.50. The fourth-order valence-corrected chi connectivity index (χ4v) is 6.47. The number of ether oxygens (including phenoxy) is 1. The molecule has 5 nitrogen and oxygen atoms in total. The molecule has 1 atom stereocenters. The third kappa shape index (κ3) is 4.77. The topological polar surface area (TPSA) is 53.2 Å². The Bertz CT molecular complexity index is 1050. The third-order valence-corrected chi connectivity index (χ3v) is 8.51. The van der Waals surface area contributed by atoms with Gasteiger partial charge in [-0.1, -0.05) is 47.3 Å². The highest BCUT2D eigenvalue weighted by Crippen LogP contribution is 2.35. The molecule has 0 spiro atoms. The molecule has 2 heterocycles. The molecule has 2 aliphatic rings. The van der Waals surface area contributed by atoms with Crippen LogP contribution in [0.15, 0.2) is 48.5 Å². The van der Waals surface area contributed by atoms with Gasteiger partial charge in [0.25, 0.3) is 0 Å². The molecule has 0 amide bonds. The van der Waals surface area contributed by atoms with Crippen molar-refractivity contribution in [2.45, 2.75) is 44.6 Å². The third-order valence-electron chi connectivity index (χ3n) is 6.57. The predicted molar refractivity (Wildman–Crippen MR) is 131 cm³/mol. The molecule has 0 radical (unpaired) electrons. The number of H-pyrrole nitrogens is 1. The first kappa shape index (κ1) is 20.9. The van der Waals surface area contributed by atoms with Crippen LogP contribution in [0.3, 0.4) is 0 Å². The molecular weight excluding hydrogens is 404 g/mol. The van der Waals surface area contributed by atoms with E-state index in [0.717, 1.165) is 32.0 Å². The SMILES string of the molecule is C/C=S(/NC1CCC(c2cc(-c3ccc4ccccc4c3)n[nH]2)CC1)N1CCOCC1. The van der Waals surface area contributed by atoms with Crippen molar-refractivity contribution in [2.24, 2.45) is 0 Å². The average Bonchev–Trinajstić information content (AvgIpc) is 3.33. The van der Waals surface area contributed by atoms with Crippen LogP contribution >= 0.6 is 10.9 Å². The minimum absolute atomic E-state index is 0.0545. The van der Waals surface area contributed by atoms with Crippen molar-refractivity contribution in [1.29, 1.82) is 0 Å². The van der Waals surface area contributed by atoms with Gasteiger partial charge < -0.3 is 4.74 Å². The van der Waals surface area contributed by atoms with Gasteiger partial charge in [0.2, 0.25) is 0 Å². The zero-order chi connectivity index (χ0) is 21.0. The van der Waals surface area contributed by atoms with E-state index in [1.807, 2.05) is 0 Å². The summed E-state index contributed by atoms with van der Waals surface area (Å²) in [6.07, 6.45) is 4.86. The largest absolute Gasteiger partial charge is 0.379 e. The van der Waals surface area contributed by atoms with Crippen molar-refractivity contribution >= 4 is 27.0 Å². The van der Waals surface area contributed by atoms with Gasteiger partial charge in [-0.3, -0.25) is 9.82 Å². The minimum atomic E-state index is 0.0545. The van der Waals surface area contributed by atoms with E-state index in [4.69, 9.17) is 4.74 Å². The molecule has 2 N–H and O–H groups in total. The van der Waals surface area contributed by atoms with Crippen molar-refractivity contribution in [3.05, 3.63) is 54.2 Å². The van der Waals surface area contributed by atoms with Crippen molar-refractivity contribution in [1.82, 2.24) is 19.2 Å². The summed E-state index contributed by atoms with van der Waals surface area (Å²) in [5.41, 5.74) is 3.52. The first-order chi connectivity index (χ1) is 15.3. The summed E-state index contributed by atoms with van der Waals surface area (Å²) >= 11 is 0. The fourth-order valence-electron chi connectivity index (χ4n) is 4.77. The Labute approximate surface area is 187 Å². The summed E-state index contributed by atoms with van der Waals surface area (Å²) < 4.78 is 12.0. The Hall–Kier alpha value is -1.99. The molecule has 2 fully saturated rings. The van der Waals surface area contributed by atoms with E-state index in [-0.39, 0.29) is 10.9 Å². The number of morpholine rings is 1. The quantitative estimate of drug-likeness (QED) is 0.547. The van der Waals surface area contributed by atoms with Crippen LogP contribution in [0.25, 0.3) is 22.0 Å². The van der Waals surface area contributed by atoms with Gasteiger partial charge in [0.1, 0.15) is 0 Å². The van der Waals surface area contributed by atoms with Gasteiger partial charge in [-0.25, -0.2) is 4.31 Å². The molecule has 6 heteroatoms. The Balaban J connectivity index is 1.20. The maximum absolute atomic E-state index is 5.51. The minimum Gasteiger partial charge on any atom is -0.379 e. The predicted octanol–water partition coefficient (Wildman–Crippen LogP) is 5.10. The van der Waals surface area contributed by atoms with E-state index in [9.17, 15) is 0 Å². The van der Waals surface area contributed by atoms with E-state index >= 15 is 0 Å². The van der Waals surface area contributed by atoms with Crippen molar-refractivity contribution in [3.8, 4) is 11.3 Å². The molecular formula is C25H32N4OS. The lowest BCUT2D eigenvalue weighted by Crippen LogP contribution is -2.39. The molecule has 164 valence electrons. The second-order valence-corrected chi connectivity index (χ2v) is 10.4. The highest BCUT2D eigenvalue weighted by Gasteiger charge is 2.25. The van der Waals surface area contributed by atoms with Gasteiger partial charge in [0, 0.05) is 36.3 Å². The molecule has 1 unspecified atom stereocenters. The molecule has 1 aliphatic carbocycles. The van der Waals surface area contributed by atoms with Gasteiger partial charge in [0.05, 0.1) is 18.9 Å². The van der Waals surface area contributed by atoms with Crippen LogP contribution in [0, 0.1) is 0 Å². The summed E-state index contributed by atoms with van der Waals surface area (Å²) in [5.74, 6) is 0.579. The smallest absolute Gasteiger partial charge is 0.0923 e. The molecule has 5 rings (SSSR count). The van der Waals surface area contributed by atoms with Crippen LogP contribution in [0.2, 0.25) is 0 Å². The maximum atomic E-state index is 5.51. The van der Waals surface area contributed by atoms with Gasteiger partial charge in [-0.05, 0) is 60.9 Å². The lowest BCUT2D eigenvalue weighted by atomic mass is 9.84. The number of aromatic nitrogens is 2. The van der Waals surface area contributed by atoms with Crippen LogP contribution in [0.1, 0.15) is 44.2 Å². The first-order valence-corrected chi connectivity index (χ1v) is 12.7. The lowest BCUT2D eigenvalue weighted by Gasteiger charge is -2.35. The van der Waals surface area contributed by atoms with Crippen LogP contribution in [-0.4, -0.2) is 52.2 Å². The number of hydrogen-bond acceptors (Lipinski definition) is 4. The second kappa shape index (κ2) is 9.65. The number of fused-ring (bicyclic) bond motifs is 1. The number of hydrogen-bond donors (Lipinski definition) is 2. The molecule has 3 aromatic rings. The number of benzene rings is 2. The van der Waals surface area contributed by atoms with E-state index in [0.29, 0.717) is 12.0 Å². The number of nitrogens with one attached hydrogen (secondary N) is 2. The van der Waals surface area contributed by atoms with E-state index in [1.54, 1.807) is 0 Å². The summed E-state index contributed by atoms with van der Waals surface area (Å²) in [6.45, 7) is 5.94. The van der Waals surface area contributed by atoms with Crippen LogP contribution in [0.4, 0.5) is 0 Å². The van der Waals surface area contributed by atoms with E-state index < -0.39 is 0 Å². The molecule has 1 aromatic heterocycles. The summed E-state index contributed by atoms with van der Waals surface area (Å²) in [6, 6.07) is 18.0. The Morgan fingerprint density at radius 1 is 1.03 bits per heavy atom. The lowest BCUT2D eigenvalue weighted by molar-refractivity contribution is 0.0766. The average molecular weight is 437 g/mol. The van der Waals surface area contributed by atoms with E-state index in [2.05, 4.69) is 80.0 Å². The van der Waals surface area contributed by atoms with Gasteiger partial charge in [-0.15, -0.1) is 0 Å². The normalized spacial score (nSPS) is 23.9. The maximum Gasteiger partial charge on any atom is 0.0923 e. The van der Waals surface area contributed by atoms with E-state index in [1.165, 1.54) is 47.7 Å². The Morgan fingerprint density at radius 3 is 2.58 bits per heavy atom. The highest BCUT2D eigenvalue weighted by atomic mass is 32.2. The van der Waals surface area contributed by atoms with Crippen molar-refractivity contribution in [2.75, 3.05) is 26.3 Å². The fraction of sp³-hybridized carbons (Fsp3) is 0.440. The van der Waals surface area contributed by atoms with Gasteiger partial charge in [0.15, 0.2) is 0 Å². The second-order valence-electron chi connectivity index (χ2n) is 8.53. The number of rotatable bonds is 5. The standard InChI is InChI=1S/C25H32N4OS/c1-2-31(29-13-15-30-16-14-29)28-23-11-9-20(10-12-23)24-18-25(27-26-24)22-8-7-19-5-3-4-6-21(19)17-22/h2-8,17-18,20,23,28H,9-16H2,1H3,(H,26,27). The van der Waals surface area contributed by atoms with Crippen molar-refractivity contribution < 1.29 is 4.74 Å². The van der Waals surface area contributed by atoms with Gasteiger partial charge >= 0.3 is 0 Å². The highest BCUT2D eigenvalue weighted by molar-refractivity contribution is 8.11. The van der Waals surface area contributed by atoms with Crippen LogP contribution < -0.4 is 4.72 Å². The zero-order valence-corrected chi connectivity index (χ0v) is 19.0. The molecule has 1 aliphatic heterocycles. The summed E-state index contributed by atoms with van der Waals surface area (Å²) in [7, 11) is 0.0545. The van der Waals surface area contributed by atoms with Crippen molar-refractivity contribution in [3.63, 3.8) is 0 Å². The Morgan fingerprint density at radius 2 is 1.81 bits per heavy atom. The number of aromatic amines is 1. The molecule has 31 heavy (non-hydrogen) atoms.